The van der Waals surface area contributed by atoms with E-state index >= 15 is 0 Å². The Hall–Kier alpha value is -0.980. The van der Waals surface area contributed by atoms with Crippen LogP contribution in [0.3, 0.4) is 0 Å². The maximum Gasteiger partial charge on any atom is 0.295 e. The van der Waals surface area contributed by atoms with E-state index in [1.54, 1.807) is 0 Å². The summed E-state index contributed by atoms with van der Waals surface area (Å²) in [6.45, 7) is 0. The van der Waals surface area contributed by atoms with Gasteiger partial charge >= 0.3 is 0 Å². The zero-order chi connectivity index (χ0) is 16.6. The number of halogens is 5. The van der Waals surface area contributed by atoms with E-state index in [1.165, 1.54) is 19.2 Å². The molecular weight excluding hydrogens is 397 g/mol. The summed E-state index contributed by atoms with van der Waals surface area (Å²) in [4.78, 5) is 14.6. The number of aromatic nitrogens is 1. The summed E-state index contributed by atoms with van der Waals surface area (Å²) in [7, 11) is 1.36. The van der Waals surface area contributed by atoms with Crippen molar-refractivity contribution in [2.75, 3.05) is 7.11 Å². The maximum absolute atomic E-state index is 11.2. The minimum Gasteiger partial charge on any atom is -0.481 e. The van der Waals surface area contributed by atoms with Crippen LogP contribution in [0.4, 0.5) is 5.69 Å². The van der Waals surface area contributed by atoms with Gasteiger partial charge in [-0.2, -0.15) is 0 Å². The topological polar surface area (TPSA) is 65.3 Å². The molecule has 0 bridgehead atoms. The van der Waals surface area contributed by atoms with E-state index < -0.39 is 4.92 Å². The van der Waals surface area contributed by atoms with Crippen molar-refractivity contribution in [3.05, 3.63) is 47.4 Å². The number of hydrogen-bond donors (Lipinski definition) is 0. The van der Waals surface area contributed by atoms with E-state index in [-0.39, 0.29) is 47.9 Å². The summed E-state index contributed by atoms with van der Waals surface area (Å²) in [6, 6.07) is 2.55. The molecule has 0 N–H and O–H groups in total. The van der Waals surface area contributed by atoms with Gasteiger partial charge in [-0.05, 0) is 0 Å². The lowest BCUT2D eigenvalue weighted by Gasteiger charge is -2.12. The average Bonchev–Trinajstić information content (AvgIpc) is 2.50. The van der Waals surface area contributed by atoms with Crippen LogP contribution in [-0.4, -0.2) is 17.0 Å². The van der Waals surface area contributed by atoms with Crippen molar-refractivity contribution in [2.45, 2.75) is 0 Å². The molecule has 0 saturated heterocycles. The Morgan fingerprint density at radius 3 is 1.95 bits per heavy atom. The van der Waals surface area contributed by atoms with E-state index in [0.29, 0.717) is 0 Å². The summed E-state index contributed by atoms with van der Waals surface area (Å²) < 4.78 is 4.96. The highest BCUT2D eigenvalue weighted by atomic mass is 35.5. The van der Waals surface area contributed by atoms with Crippen LogP contribution in [0.2, 0.25) is 25.1 Å². The summed E-state index contributed by atoms with van der Waals surface area (Å²) >= 11 is 30.1. The molecule has 0 saturated carbocycles. The molecule has 116 valence electrons. The first-order valence-electron chi connectivity index (χ1n) is 5.50. The van der Waals surface area contributed by atoms with Crippen LogP contribution in [0, 0.1) is 10.1 Å². The minimum atomic E-state index is -0.634. The lowest BCUT2D eigenvalue weighted by atomic mass is 10.1. The number of ether oxygens (including phenoxy) is 1. The molecular formula is C12H5Cl5N2O3. The van der Waals surface area contributed by atoms with Gasteiger partial charge in [0.15, 0.2) is 5.69 Å². The van der Waals surface area contributed by atoms with Crippen LogP contribution >= 0.6 is 58.0 Å². The summed E-state index contributed by atoms with van der Waals surface area (Å²) in [6.07, 6.45) is 0. The van der Waals surface area contributed by atoms with Gasteiger partial charge in [0.1, 0.15) is 0 Å². The number of rotatable bonds is 3. The molecule has 0 fully saturated rings. The second-order valence-corrected chi connectivity index (χ2v) is 5.81. The van der Waals surface area contributed by atoms with Crippen LogP contribution in [-0.2, 0) is 0 Å². The van der Waals surface area contributed by atoms with Crippen molar-refractivity contribution < 1.29 is 9.66 Å². The third-order valence-corrected chi connectivity index (χ3v) is 4.98. The molecule has 0 spiro atoms. The third-order valence-electron chi connectivity index (χ3n) is 2.70. The smallest absolute Gasteiger partial charge is 0.295 e. The highest BCUT2D eigenvalue weighted by Gasteiger charge is 2.27. The maximum atomic E-state index is 11.2. The molecule has 0 aliphatic heterocycles. The number of benzene rings is 1. The number of nitrogens with zero attached hydrogens (tertiary/aromatic N) is 2. The Bertz CT molecular complexity index is 753. The molecule has 22 heavy (non-hydrogen) atoms. The van der Waals surface area contributed by atoms with E-state index in [9.17, 15) is 10.1 Å². The van der Waals surface area contributed by atoms with Crippen LogP contribution < -0.4 is 4.74 Å². The lowest BCUT2D eigenvalue weighted by Crippen LogP contribution is -1.99. The fourth-order valence-corrected chi connectivity index (χ4v) is 3.01. The van der Waals surface area contributed by atoms with Crippen molar-refractivity contribution >= 4 is 63.7 Å². The second kappa shape index (κ2) is 6.64. The van der Waals surface area contributed by atoms with E-state index in [4.69, 9.17) is 62.7 Å². The van der Waals surface area contributed by atoms with E-state index in [0.717, 1.165) is 0 Å². The molecule has 0 amide bonds. The first-order chi connectivity index (χ1) is 10.3. The molecule has 0 aliphatic carbocycles. The van der Waals surface area contributed by atoms with Gasteiger partial charge in [0.05, 0.1) is 37.1 Å². The Labute approximate surface area is 149 Å². The molecule has 2 rings (SSSR count). The van der Waals surface area contributed by atoms with Gasteiger partial charge in [-0.3, -0.25) is 10.1 Å². The molecule has 2 aromatic rings. The lowest BCUT2D eigenvalue weighted by molar-refractivity contribution is -0.384. The van der Waals surface area contributed by atoms with Crippen molar-refractivity contribution in [3.63, 3.8) is 0 Å². The number of nitro groups is 1. The standard InChI is InChI=1S/C12H5Cl5N2O3/c1-22-5-3-2-4(19(20)21)12(18-5)6-7(13)9(15)11(17)10(16)8(6)14/h2-3H,1H3. The van der Waals surface area contributed by atoms with Crippen molar-refractivity contribution in [3.8, 4) is 17.1 Å². The molecule has 0 radical (unpaired) electrons. The first-order valence-corrected chi connectivity index (χ1v) is 7.39. The number of methoxy groups -OCH3 is 1. The molecule has 10 heteroatoms. The van der Waals surface area contributed by atoms with Crippen molar-refractivity contribution in [1.29, 1.82) is 0 Å². The van der Waals surface area contributed by atoms with Gasteiger partial charge in [0.2, 0.25) is 5.88 Å². The van der Waals surface area contributed by atoms with Crippen molar-refractivity contribution in [2.24, 2.45) is 0 Å². The molecule has 1 aromatic carbocycles. The molecule has 1 aromatic heterocycles. The SMILES string of the molecule is COc1ccc([N+](=O)[O-])c(-c2c(Cl)c(Cl)c(Cl)c(Cl)c2Cl)n1. The number of pyridine rings is 1. The zero-order valence-corrected chi connectivity index (χ0v) is 14.4. The number of hydrogen-bond acceptors (Lipinski definition) is 4. The van der Waals surface area contributed by atoms with Gasteiger partial charge in [0.25, 0.3) is 5.69 Å². The fourth-order valence-electron chi connectivity index (χ4n) is 1.69. The molecule has 0 unspecified atom stereocenters. The summed E-state index contributed by atoms with van der Waals surface area (Å²) in [5, 5.41) is 10.8. The molecule has 1 heterocycles. The van der Waals surface area contributed by atoms with E-state index in [1.807, 2.05) is 0 Å². The predicted octanol–water partition coefficient (Wildman–Crippen LogP) is 5.93. The van der Waals surface area contributed by atoms with Gasteiger partial charge in [-0.25, -0.2) is 4.98 Å². The van der Waals surface area contributed by atoms with Crippen LogP contribution in [0.1, 0.15) is 0 Å². The summed E-state index contributed by atoms with van der Waals surface area (Å²) in [5.74, 6) is 0.134. The van der Waals surface area contributed by atoms with Gasteiger partial charge in [-0.15, -0.1) is 0 Å². The van der Waals surface area contributed by atoms with Crippen LogP contribution in [0.25, 0.3) is 11.3 Å². The Balaban J connectivity index is 2.90. The molecule has 0 aliphatic rings. The Kier molecular flexibility index (Phi) is 5.25. The Morgan fingerprint density at radius 1 is 1.00 bits per heavy atom. The van der Waals surface area contributed by atoms with E-state index in [2.05, 4.69) is 4.98 Å². The third kappa shape index (κ3) is 2.92. The average molecular weight is 402 g/mol. The quantitative estimate of drug-likeness (QED) is 0.276. The van der Waals surface area contributed by atoms with Crippen LogP contribution in [0.5, 0.6) is 5.88 Å². The normalized spacial score (nSPS) is 10.6. The van der Waals surface area contributed by atoms with Crippen LogP contribution in [0.15, 0.2) is 12.1 Å². The van der Waals surface area contributed by atoms with Gasteiger partial charge in [0, 0.05) is 17.7 Å². The van der Waals surface area contributed by atoms with Gasteiger partial charge < -0.3 is 4.74 Å². The Morgan fingerprint density at radius 2 is 1.50 bits per heavy atom. The molecule has 5 nitrogen and oxygen atoms in total. The largest absolute Gasteiger partial charge is 0.481 e. The highest BCUT2D eigenvalue weighted by Crippen LogP contribution is 2.49. The monoisotopic (exact) mass is 400 g/mol. The molecule has 0 atom stereocenters. The fraction of sp³-hybridized carbons (Fsp3) is 0.0833. The van der Waals surface area contributed by atoms with Gasteiger partial charge in [-0.1, -0.05) is 58.0 Å². The predicted molar refractivity (Wildman–Crippen MR) is 87.9 cm³/mol. The highest BCUT2D eigenvalue weighted by molar-refractivity contribution is 6.56. The first kappa shape index (κ1) is 17.4. The zero-order valence-electron chi connectivity index (χ0n) is 10.7. The summed E-state index contributed by atoms with van der Waals surface area (Å²) in [5.41, 5.74) is -0.452. The van der Waals surface area contributed by atoms with Crippen molar-refractivity contribution in [1.82, 2.24) is 4.98 Å². The second-order valence-electron chi connectivity index (χ2n) is 3.92. The minimum absolute atomic E-state index is 0.00772.